The fourth-order valence-electron chi connectivity index (χ4n) is 5.07. The molecule has 1 saturated heterocycles. The second kappa shape index (κ2) is 9.77. The van der Waals surface area contributed by atoms with Crippen LogP contribution in [0.15, 0.2) is 53.4 Å². The lowest BCUT2D eigenvalue weighted by molar-refractivity contribution is -0.120. The van der Waals surface area contributed by atoms with Crippen LogP contribution in [0.4, 0.5) is 5.69 Å². The summed E-state index contributed by atoms with van der Waals surface area (Å²) < 4.78 is 28.6. The summed E-state index contributed by atoms with van der Waals surface area (Å²) in [6.07, 6.45) is 2.64. The van der Waals surface area contributed by atoms with E-state index < -0.39 is 10.0 Å². The number of carbonyl (C=O) groups is 1. The van der Waals surface area contributed by atoms with Crippen LogP contribution in [-0.4, -0.2) is 69.4 Å². The quantitative estimate of drug-likeness (QED) is 0.626. The number of rotatable bonds is 8. The Bertz CT molecular complexity index is 1130. The number of carbonyl (C=O) groups excluding carboxylic acids is 1. The van der Waals surface area contributed by atoms with Gasteiger partial charge in [-0.1, -0.05) is 30.3 Å². The molecule has 7 nitrogen and oxygen atoms in total. The van der Waals surface area contributed by atoms with Crippen molar-refractivity contribution in [3.8, 4) is 0 Å². The van der Waals surface area contributed by atoms with E-state index in [0.717, 1.165) is 56.8 Å². The van der Waals surface area contributed by atoms with Gasteiger partial charge in [0, 0.05) is 63.5 Å². The molecule has 1 amide bonds. The lowest BCUT2D eigenvalue weighted by Gasteiger charge is -2.34. The van der Waals surface area contributed by atoms with Crippen molar-refractivity contribution in [1.29, 1.82) is 0 Å². The number of benzene rings is 2. The van der Waals surface area contributed by atoms with E-state index in [1.165, 1.54) is 5.56 Å². The zero-order valence-corrected chi connectivity index (χ0v) is 20.6. The maximum absolute atomic E-state index is 12.9. The Morgan fingerprint density at radius 3 is 2.41 bits per heavy atom. The van der Waals surface area contributed by atoms with Crippen molar-refractivity contribution in [2.45, 2.75) is 43.7 Å². The van der Waals surface area contributed by atoms with Crippen molar-refractivity contribution in [3.63, 3.8) is 0 Å². The van der Waals surface area contributed by atoms with E-state index in [0.29, 0.717) is 19.5 Å². The van der Waals surface area contributed by atoms with Gasteiger partial charge in [-0.15, -0.1) is 0 Å². The summed E-state index contributed by atoms with van der Waals surface area (Å²) in [6, 6.07) is 15.8. The Hall–Kier alpha value is -2.26. The third kappa shape index (κ3) is 5.20. The average Bonchev–Trinajstić information content (AvgIpc) is 3.62. The van der Waals surface area contributed by atoms with Crippen molar-refractivity contribution in [2.75, 3.05) is 44.2 Å². The molecular formula is C26H34N4O3S. The van der Waals surface area contributed by atoms with Crippen LogP contribution in [0.2, 0.25) is 0 Å². The Balaban J connectivity index is 1.12. The zero-order valence-electron chi connectivity index (χ0n) is 19.8. The van der Waals surface area contributed by atoms with Crippen LogP contribution in [0.1, 0.15) is 30.9 Å². The van der Waals surface area contributed by atoms with Gasteiger partial charge in [0.15, 0.2) is 0 Å². The predicted octanol–water partition coefficient (Wildman–Crippen LogP) is 2.47. The molecule has 2 heterocycles. The number of amides is 1. The highest BCUT2D eigenvalue weighted by molar-refractivity contribution is 7.89. The first-order valence-corrected chi connectivity index (χ1v) is 13.8. The third-order valence-electron chi connectivity index (χ3n) is 7.17. The van der Waals surface area contributed by atoms with E-state index in [2.05, 4.69) is 38.8 Å². The van der Waals surface area contributed by atoms with Gasteiger partial charge in [0.05, 0.1) is 4.90 Å². The highest BCUT2D eigenvalue weighted by atomic mass is 32.2. The van der Waals surface area contributed by atoms with Gasteiger partial charge in [0.25, 0.3) is 0 Å². The molecule has 2 aliphatic heterocycles. The molecule has 1 saturated carbocycles. The molecular weight excluding hydrogens is 448 g/mol. The highest BCUT2D eigenvalue weighted by Crippen LogP contribution is 2.39. The van der Waals surface area contributed by atoms with E-state index in [1.54, 1.807) is 18.2 Å². The summed E-state index contributed by atoms with van der Waals surface area (Å²) in [6.45, 7) is 7.94. The van der Waals surface area contributed by atoms with Crippen molar-refractivity contribution in [2.24, 2.45) is 5.92 Å². The highest BCUT2D eigenvalue weighted by Gasteiger charge is 2.39. The number of anilines is 1. The topological polar surface area (TPSA) is 73.0 Å². The first-order chi connectivity index (χ1) is 16.4. The van der Waals surface area contributed by atoms with Gasteiger partial charge in [-0.3, -0.25) is 14.6 Å². The molecule has 2 aromatic carbocycles. The molecule has 0 spiro atoms. The van der Waals surface area contributed by atoms with Crippen LogP contribution in [-0.2, 0) is 27.8 Å². The van der Waals surface area contributed by atoms with Crippen molar-refractivity contribution >= 4 is 21.6 Å². The molecule has 0 bridgehead atoms. The molecule has 5 rings (SSSR count). The van der Waals surface area contributed by atoms with Gasteiger partial charge in [0.2, 0.25) is 15.9 Å². The number of hydrogen-bond donors (Lipinski definition) is 1. The molecule has 0 unspecified atom stereocenters. The van der Waals surface area contributed by atoms with Gasteiger partial charge in [-0.25, -0.2) is 13.1 Å². The zero-order chi connectivity index (χ0) is 23.7. The Labute approximate surface area is 202 Å². The van der Waals surface area contributed by atoms with E-state index in [-0.39, 0.29) is 22.8 Å². The molecule has 1 N–H and O–H groups in total. The smallest absolute Gasteiger partial charge is 0.240 e. The summed E-state index contributed by atoms with van der Waals surface area (Å²) >= 11 is 0. The molecule has 2 aromatic rings. The monoisotopic (exact) mass is 482 g/mol. The van der Waals surface area contributed by atoms with E-state index in [1.807, 2.05) is 17.9 Å². The summed E-state index contributed by atoms with van der Waals surface area (Å²) in [4.78, 5) is 19.6. The maximum atomic E-state index is 12.9. The van der Waals surface area contributed by atoms with E-state index in [9.17, 15) is 13.2 Å². The second-order valence-corrected chi connectivity index (χ2v) is 11.6. The molecule has 0 aromatic heterocycles. The summed E-state index contributed by atoms with van der Waals surface area (Å²) in [7, 11) is -3.58. The number of fused-ring (bicyclic) bond motifs is 1. The van der Waals surface area contributed by atoms with Gasteiger partial charge in [0.1, 0.15) is 0 Å². The van der Waals surface area contributed by atoms with Crippen LogP contribution >= 0.6 is 0 Å². The minimum atomic E-state index is -3.58. The molecule has 0 radical (unpaired) electrons. The average molecular weight is 483 g/mol. The van der Waals surface area contributed by atoms with Crippen LogP contribution in [0, 0.1) is 5.92 Å². The minimum absolute atomic E-state index is 0.0783. The van der Waals surface area contributed by atoms with Crippen LogP contribution in [0.3, 0.4) is 0 Å². The lowest BCUT2D eigenvalue weighted by atomic mass is 10.1. The standard InChI is InChI=1S/C26H34N4O3S/c1-20-17-23-18-24(9-10-25(23)30(20)26(31)22-7-8-22)34(32,33)27-11-12-28-13-15-29(16-14-28)19-21-5-3-2-4-6-21/h2-6,9-10,18,20,22,27H,7-8,11-17,19H2,1H3/t20-/m1/s1. The SMILES string of the molecule is C[C@@H]1Cc2cc(S(=O)(=O)NCCN3CCN(Cc4ccccc4)CC3)ccc2N1C(=O)C1CC1. The normalized spacial score (nSPS) is 21.6. The van der Waals surface area contributed by atoms with Crippen molar-refractivity contribution < 1.29 is 13.2 Å². The first kappa shape index (κ1) is 23.5. The Morgan fingerprint density at radius 1 is 1.00 bits per heavy atom. The van der Waals surface area contributed by atoms with Gasteiger partial charge >= 0.3 is 0 Å². The largest absolute Gasteiger partial charge is 0.309 e. The van der Waals surface area contributed by atoms with Crippen LogP contribution < -0.4 is 9.62 Å². The molecule has 1 aliphatic carbocycles. The molecule has 182 valence electrons. The van der Waals surface area contributed by atoms with Crippen molar-refractivity contribution in [3.05, 3.63) is 59.7 Å². The minimum Gasteiger partial charge on any atom is -0.309 e. The first-order valence-electron chi connectivity index (χ1n) is 12.3. The third-order valence-corrected chi connectivity index (χ3v) is 8.63. The van der Waals surface area contributed by atoms with E-state index in [4.69, 9.17) is 0 Å². The predicted molar refractivity (Wildman–Crippen MR) is 133 cm³/mol. The summed E-state index contributed by atoms with van der Waals surface area (Å²) in [5.74, 6) is 0.336. The van der Waals surface area contributed by atoms with Gasteiger partial charge in [-0.05, 0) is 55.5 Å². The molecule has 1 atom stereocenters. The Morgan fingerprint density at radius 2 is 1.71 bits per heavy atom. The van der Waals surface area contributed by atoms with Crippen LogP contribution in [0.25, 0.3) is 0 Å². The van der Waals surface area contributed by atoms with E-state index >= 15 is 0 Å². The van der Waals surface area contributed by atoms with Gasteiger partial charge in [-0.2, -0.15) is 0 Å². The number of sulfonamides is 1. The van der Waals surface area contributed by atoms with Gasteiger partial charge < -0.3 is 4.90 Å². The molecule has 3 aliphatic rings. The van der Waals surface area contributed by atoms with Crippen molar-refractivity contribution in [1.82, 2.24) is 14.5 Å². The fraction of sp³-hybridized carbons (Fsp3) is 0.500. The maximum Gasteiger partial charge on any atom is 0.240 e. The second-order valence-electron chi connectivity index (χ2n) is 9.83. The number of nitrogens with one attached hydrogen (secondary N) is 1. The number of piperazine rings is 1. The molecule has 34 heavy (non-hydrogen) atoms. The summed E-state index contributed by atoms with van der Waals surface area (Å²) in [5, 5.41) is 0. The van der Waals surface area contributed by atoms with Crippen LogP contribution in [0.5, 0.6) is 0 Å². The fourth-order valence-corrected chi connectivity index (χ4v) is 6.14. The Kier molecular flexibility index (Phi) is 6.75. The number of nitrogens with zero attached hydrogens (tertiary/aromatic N) is 3. The molecule has 2 fully saturated rings. The lowest BCUT2D eigenvalue weighted by Crippen LogP contribution is -2.48. The number of hydrogen-bond acceptors (Lipinski definition) is 5. The summed E-state index contributed by atoms with van der Waals surface area (Å²) in [5.41, 5.74) is 3.14. The molecule has 8 heteroatoms.